The van der Waals surface area contributed by atoms with E-state index < -0.39 is 0 Å². The van der Waals surface area contributed by atoms with Gasteiger partial charge in [0, 0.05) is 36.3 Å². The predicted molar refractivity (Wildman–Crippen MR) is 107 cm³/mol. The molecule has 2 fully saturated rings. The zero-order valence-corrected chi connectivity index (χ0v) is 16.0. The number of aromatic nitrogens is 2. The maximum Gasteiger partial charge on any atom is 0.225 e. The van der Waals surface area contributed by atoms with Crippen LogP contribution in [0.2, 0.25) is 0 Å². The lowest BCUT2D eigenvalue weighted by molar-refractivity contribution is -0.136. The minimum atomic E-state index is 0.269. The SMILES string of the molecule is Cc1cccc(Nc2ccc([C@@H]3CCCN(C(=O)C4CCCC4)C3)nc2)n1. The van der Waals surface area contributed by atoms with Crippen molar-refractivity contribution >= 4 is 17.4 Å². The van der Waals surface area contributed by atoms with Crippen LogP contribution >= 0.6 is 0 Å². The fraction of sp³-hybridized carbons (Fsp3) is 0.500. The molecule has 0 radical (unpaired) electrons. The summed E-state index contributed by atoms with van der Waals surface area (Å²) in [6.45, 7) is 3.70. The van der Waals surface area contributed by atoms with E-state index in [4.69, 9.17) is 0 Å². The Bertz CT molecular complexity index is 783. The minimum absolute atomic E-state index is 0.269. The Balaban J connectivity index is 1.40. The van der Waals surface area contributed by atoms with Gasteiger partial charge in [-0.2, -0.15) is 0 Å². The van der Waals surface area contributed by atoms with Gasteiger partial charge in [0.25, 0.3) is 0 Å². The molecule has 2 aromatic rings. The second-order valence-electron chi connectivity index (χ2n) is 7.87. The lowest BCUT2D eigenvalue weighted by atomic mass is 9.93. The number of nitrogens with zero attached hydrogens (tertiary/aromatic N) is 3. The fourth-order valence-corrected chi connectivity index (χ4v) is 4.33. The van der Waals surface area contributed by atoms with Crippen molar-refractivity contribution in [3.8, 4) is 0 Å². The molecule has 0 spiro atoms. The van der Waals surface area contributed by atoms with Gasteiger partial charge < -0.3 is 10.2 Å². The van der Waals surface area contributed by atoms with Crippen LogP contribution in [0.3, 0.4) is 0 Å². The normalized spacial score (nSPS) is 20.6. The number of aryl methyl sites for hydroxylation is 1. The van der Waals surface area contributed by atoms with Gasteiger partial charge in [-0.1, -0.05) is 18.9 Å². The van der Waals surface area contributed by atoms with Crippen molar-refractivity contribution in [1.29, 1.82) is 0 Å². The monoisotopic (exact) mass is 364 g/mol. The van der Waals surface area contributed by atoms with Crippen molar-refractivity contribution in [3.63, 3.8) is 0 Å². The number of carbonyl (C=O) groups excluding carboxylic acids is 1. The molecule has 0 bridgehead atoms. The third kappa shape index (κ3) is 4.29. The van der Waals surface area contributed by atoms with E-state index in [1.807, 2.05) is 31.3 Å². The van der Waals surface area contributed by atoms with Crippen molar-refractivity contribution in [3.05, 3.63) is 47.9 Å². The number of piperidine rings is 1. The highest BCUT2D eigenvalue weighted by Crippen LogP contribution is 2.31. The standard InChI is InChI=1S/C22H28N4O/c1-16-6-4-10-21(24-16)25-19-11-12-20(23-14-19)18-9-5-13-26(15-18)22(27)17-7-2-3-8-17/h4,6,10-12,14,17-18H,2-3,5,7-9,13,15H2,1H3,(H,24,25)/t18-/m1/s1. The first-order valence-corrected chi connectivity index (χ1v) is 10.1. The topological polar surface area (TPSA) is 58.1 Å². The van der Waals surface area contributed by atoms with Crippen LogP contribution in [0.15, 0.2) is 36.5 Å². The van der Waals surface area contributed by atoms with Crippen LogP contribution in [0.5, 0.6) is 0 Å². The Morgan fingerprint density at radius 2 is 1.96 bits per heavy atom. The van der Waals surface area contributed by atoms with Crippen molar-refractivity contribution in [2.24, 2.45) is 5.92 Å². The van der Waals surface area contributed by atoms with Crippen molar-refractivity contribution < 1.29 is 4.79 Å². The molecular formula is C22H28N4O. The molecule has 1 saturated carbocycles. The lowest BCUT2D eigenvalue weighted by Crippen LogP contribution is -2.42. The molecule has 1 atom stereocenters. The summed E-state index contributed by atoms with van der Waals surface area (Å²) in [6, 6.07) is 10.1. The van der Waals surface area contributed by atoms with Crippen LogP contribution in [0.25, 0.3) is 0 Å². The molecule has 2 aliphatic rings. The van der Waals surface area contributed by atoms with Crippen LogP contribution in [0, 0.1) is 12.8 Å². The van der Waals surface area contributed by atoms with Gasteiger partial charge in [-0.15, -0.1) is 0 Å². The molecule has 0 unspecified atom stereocenters. The Labute approximate surface area is 161 Å². The van der Waals surface area contributed by atoms with Gasteiger partial charge in [0.2, 0.25) is 5.91 Å². The maximum absolute atomic E-state index is 12.8. The highest BCUT2D eigenvalue weighted by molar-refractivity contribution is 5.79. The number of pyridine rings is 2. The first-order chi connectivity index (χ1) is 13.2. The van der Waals surface area contributed by atoms with Crippen LogP contribution in [0.4, 0.5) is 11.5 Å². The molecule has 5 heteroatoms. The Hall–Kier alpha value is -2.43. The van der Waals surface area contributed by atoms with E-state index in [2.05, 4.69) is 32.3 Å². The predicted octanol–water partition coefficient (Wildman–Crippen LogP) is 4.42. The zero-order valence-electron chi connectivity index (χ0n) is 16.0. The molecule has 0 aromatic carbocycles. The average molecular weight is 364 g/mol. The van der Waals surface area contributed by atoms with Gasteiger partial charge in [-0.25, -0.2) is 4.98 Å². The molecule has 27 heavy (non-hydrogen) atoms. The highest BCUT2D eigenvalue weighted by Gasteiger charge is 2.31. The van der Waals surface area contributed by atoms with E-state index in [1.165, 1.54) is 12.8 Å². The van der Waals surface area contributed by atoms with E-state index in [0.717, 1.165) is 61.7 Å². The summed E-state index contributed by atoms with van der Waals surface area (Å²) in [6.07, 6.45) is 8.61. The van der Waals surface area contributed by atoms with Crippen molar-refractivity contribution in [2.45, 2.75) is 51.4 Å². The summed E-state index contributed by atoms with van der Waals surface area (Å²) in [5, 5.41) is 3.30. The summed E-state index contributed by atoms with van der Waals surface area (Å²) >= 11 is 0. The molecule has 1 N–H and O–H groups in total. The van der Waals surface area contributed by atoms with Gasteiger partial charge in [0.1, 0.15) is 5.82 Å². The third-order valence-corrected chi connectivity index (χ3v) is 5.80. The van der Waals surface area contributed by atoms with E-state index in [-0.39, 0.29) is 5.92 Å². The molecule has 1 amide bonds. The Morgan fingerprint density at radius 1 is 1.11 bits per heavy atom. The van der Waals surface area contributed by atoms with Crippen LogP contribution < -0.4 is 5.32 Å². The second kappa shape index (κ2) is 8.07. The molecule has 2 aromatic heterocycles. The van der Waals surface area contributed by atoms with Crippen LogP contribution in [-0.4, -0.2) is 33.9 Å². The largest absolute Gasteiger partial charge is 0.342 e. The lowest BCUT2D eigenvalue weighted by Gasteiger charge is -2.34. The Kier molecular flexibility index (Phi) is 5.37. The van der Waals surface area contributed by atoms with E-state index in [9.17, 15) is 4.79 Å². The number of anilines is 2. The summed E-state index contributed by atoms with van der Waals surface area (Å²) in [5.74, 6) is 1.82. The molecule has 4 rings (SSSR count). The zero-order chi connectivity index (χ0) is 18.6. The summed E-state index contributed by atoms with van der Waals surface area (Å²) < 4.78 is 0. The summed E-state index contributed by atoms with van der Waals surface area (Å²) in [5.41, 5.74) is 3.01. The molecule has 1 aliphatic heterocycles. The van der Waals surface area contributed by atoms with E-state index in [0.29, 0.717) is 11.8 Å². The third-order valence-electron chi connectivity index (χ3n) is 5.80. The molecular weight excluding hydrogens is 336 g/mol. The van der Waals surface area contributed by atoms with Gasteiger partial charge in [0.15, 0.2) is 0 Å². The number of hydrogen-bond donors (Lipinski definition) is 1. The van der Waals surface area contributed by atoms with E-state index >= 15 is 0 Å². The minimum Gasteiger partial charge on any atom is -0.342 e. The first-order valence-electron chi connectivity index (χ1n) is 10.1. The first kappa shape index (κ1) is 18.0. The smallest absolute Gasteiger partial charge is 0.225 e. The average Bonchev–Trinajstić information content (AvgIpc) is 3.23. The number of hydrogen-bond acceptors (Lipinski definition) is 4. The number of rotatable bonds is 4. The van der Waals surface area contributed by atoms with E-state index in [1.54, 1.807) is 0 Å². The molecule has 142 valence electrons. The summed E-state index contributed by atoms with van der Waals surface area (Å²) in [4.78, 5) is 24.0. The van der Waals surface area contributed by atoms with Gasteiger partial charge in [-0.3, -0.25) is 9.78 Å². The highest BCUT2D eigenvalue weighted by atomic mass is 16.2. The Morgan fingerprint density at radius 3 is 2.70 bits per heavy atom. The van der Waals surface area contributed by atoms with Crippen LogP contribution in [-0.2, 0) is 4.79 Å². The quantitative estimate of drug-likeness (QED) is 0.872. The van der Waals surface area contributed by atoms with Crippen molar-refractivity contribution in [1.82, 2.24) is 14.9 Å². The molecule has 1 saturated heterocycles. The second-order valence-corrected chi connectivity index (χ2v) is 7.87. The number of likely N-dealkylation sites (tertiary alicyclic amines) is 1. The maximum atomic E-state index is 12.8. The number of amides is 1. The fourth-order valence-electron chi connectivity index (χ4n) is 4.33. The van der Waals surface area contributed by atoms with Crippen LogP contribution in [0.1, 0.15) is 55.8 Å². The number of carbonyl (C=O) groups is 1. The van der Waals surface area contributed by atoms with Crippen molar-refractivity contribution in [2.75, 3.05) is 18.4 Å². The molecule has 5 nitrogen and oxygen atoms in total. The number of nitrogens with one attached hydrogen (secondary N) is 1. The molecule has 1 aliphatic carbocycles. The molecule has 3 heterocycles. The van der Waals surface area contributed by atoms with Gasteiger partial charge >= 0.3 is 0 Å². The van der Waals surface area contributed by atoms with Gasteiger partial charge in [-0.05, 0) is 56.9 Å². The van der Waals surface area contributed by atoms with Gasteiger partial charge in [0.05, 0.1) is 11.9 Å². The summed E-state index contributed by atoms with van der Waals surface area (Å²) in [7, 11) is 0.